The Morgan fingerprint density at radius 1 is 0.632 bits per heavy atom. The van der Waals surface area contributed by atoms with E-state index in [1.54, 1.807) is 92.7 Å². The molecule has 7 atom stereocenters. The van der Waals surface area contributed by atoms with Crippen molar-refractivity contribution in [1.29, 1.82) is 0 Å². The van der Waals surface area contributed by atoms with Crippen LogP contribution in [0.3, 0.4) is 0 Å². The van der Waals surface area contributed by atoms with Crippen LogP contribution in [-0.4, -0.2) is 133 Å². The van der Waals surface area contributed by atoms with Crippen molar-refractivity contribution in [3.05, 3.63) is 102 Å². The number of carbonyl (C=O) groups excluding carboxylic acids is 9. The number of hydrogen-bond donors (Lipinski definition) is 11. The van der Waals surface area contributed by atoms with Crippen LogP contribution >= 0.6 is 0 Å². The van der Waals surface area contributed by atoms with Gasteiger partial charge in [-0.1, -0.05) is 86.6 Å². The second kappa shape index (κ2) is 31.0. The van der Waals surface area contributed by atoms with Crippen molar-refractivity contribution in [2.24, 2.45) is 39.6 Å². The van der Waals surface area contributed by atoms with E-state index in [0.29, 0.717) is 42.6 Å². The molecule has 0 saturated carbocycles. The van der Waals surface area contributed by atoms with E-state index < -0.39 is 108 Å². The Labute approximate surface area is 443 Å². The number of ether oxygens (including phenoxy) is 1. The van der Waals surface area contributed by atoms with Gasteiger partial charge in [0, 0.05) is 25.9 Å². The fourth-order valence-electron chi connectivity index (χ4n) is 8.61. The Kier molecular flexibility index (Phi) is 24.6. The van der Waals surface area contributed by atoms with Gasteiger partial charge in [-0.3, -0.25) is 48.1 Å². The number of nitrogens with two attached hydrogens (primary N) is 5. The Hall–Kier alpha value is -8.08. The third-order valence-corrected chi connectivity index (χ3v) is 12.7. The molecule has 0 unspecified atom stereocenters. The molecule has 0 aliphatic carbocycles. The lowest BCUT2D eigenvalue weighted by atomic mass is 9.99. The summed E-state index contributed by atoms with van der Waals surface area (Å²) in [6, 6.07) is 15.9. The third kappa shape index (κ3) is 20.0. The van der Waals surface area contributed by atoms with Crippen LogP contribution in [0.4, 0.5) is 0 Å². The van der Waals surface area contributed by atoms with Crippen LogP contribution in [0.15, 0.2) is 89.9 Å². The maximum Gasteiger partial charge on any atom is 0.245 e. The van der Waals surface area contributed by atoms with E-state index in [1.807, 2.05) is 6.07 Å². The summed E-state index contributed by atoms with van der Waals surface area (Å²) in [4.78, 5) is 129. The molecule has 4 rings (SSSR count). The molecule has 16 N–H and O–H groups in total. The molecule has 412 valence electrons. The van der Waals surface area contributed by atoms with Crippen molar-refractivity contribution in [3.63, 3.8) is 0 Å². The number of guanidine groups is 1. The van der Waals surface area contributed by atoms with Gasteiger partial charge in [-0.15, -0.1) is 0 Å². The molecule has 9 amide bonds. The molecule has 0 spiro atoms. The molecule has 3 aromatic carbocycles. The maximum atomic E-state index is 14.5. The van der Waals surface area contributed by atoms with E-state index in [9.17, 15) is 43.2 Å². The Bertz CT molecular complexity index is 2460. The zero-order valence-electron chi connectivity index (χ0n) is 43.5. The standard InChI is InChI=1S/C53H75N13O10/c1-32(2)45(65-49(72)40(28-33-14-6-4-7-15-33)63-47(70)39(29-35-21-23-36(76-3)24-22-35)60-44(68)30-34-16-8-5-9-17-34)51(74)64-41(31-43(55)67)48(71)62-38(18-10-11-25-54)52(75)66-27-13-20-42(66)50(73)61-37(46(56)69)19-12-26-59-53(57)58/h4-9,14-17,21-24,32,37-42,45H,10-13,18-20,25-31,54H2,1-3H3,(H2,55,67)(H2,56,69)(H,60,68)(H,61,73)(H,62,71)(H,63,70)(H,64,74)(H,65,72)(H4,57,58,59)/t37-,38-,39+,40-,41-,42+,45-/m0/s1. The van der Waals surface area contributed by atoms with E-state index in [-0.39, 0.29) is 64.1 Å². The summed E-state index contributed by atoms with van der Waals surface area (Å²) < 4.78 is 5.29. The lowest BCUT2D eigenvalue weighted by Gasteiger charge is -2.31. The number of primary amides is 2. The van der Waals surface area contributed by atoms with Crippen molar-refractivity contribution in [3.8, 4) is 5.75 Å². The van der Waals surface area contributed by atoms with Crippen molar-refractivity contribution < 1.29 is 47.9 Å². The summed E-state index contributed by atoms with van der Waals surface area (Å²) in [7, 11) is 1.52. The minimum absolute atomic E-state index is 0.0187. The average Bonchev–Trinajstić information content (AvgIpc) is 3.88. The van der Waals surface area contributed by atoms with E-state index in [0.717, 1.165) is 5.56 Å². The summed E-state index contributed by atoms with van der Waals surface area (Å²) in [5, 5.41) is 16.2. The van der Waals surface area contributed by atoms with Gasteiger partial charge >= 0.3 is 0 Å². The number of hydrogen-bond acceptors (Lipinski definition) is 12. The van der Waals surface area contributed by atoms with E-state index >= 15 is 0 Å². The number of rotatable bonds is 31. The quantitative estimate of drug-likeness (QED) is 0.0206. The van der Waals surface area contributed by atoms with Crippen LogP contribution in [0.25, 0.3) is 0 Å². The van der Waals surface area contributed by atoms with Gasteiger partial charge in [0.2, 0.25) is 53.2 Å². The summed E-state index contributed by atoms with van der Waals surface area (Å²) in [5.74, 6) is -6.94. The lowest BCUT2D eigenvalue weighted by molar-refractivity contribution is -0.142. The van der Waals surface area contributed by atoms with E-state index in [2.05, 4.69) is 36.9 Å². The molecule has 1 heterocycles. The number of methoxy groups -OCH3 is 1. The Morgan fingerprint density at radius 3 is 1.76 bits per heavy atom. The van der Waals surface area contributed by atoms with Crippen molar-refractivity contribution in [1.82, 2.24) is 36.8 Å². The van der Waals surface area contributed by atoms with Crippen molar-refractivity contribution in [2.45, 2.75) is 127 Å². The lowest BCUT2D eigenvalue weighted by Crippen LogP contribution is -2.61. The summed E-state index contributed by atoms with van der Waals surface area (Å²) in [6.45, 7) is 3.87. The number of carbonyl (C=O) groups is 9. The van der Waals surface area contributed by atoms with Gasteiger partial charge < -0.3 is 70.2 Å². The monoisotopic (exact) mass is 1050 g/mol. The predicted molar refractivity (Wildman–Crippen MR) is 284 cm³/mol. The highest BCUT2D eigenvalue weighted by Crippen LogP contribution is 2.21. The molecule has 1 saturated heterocycles. The molecular formula is C53H75N13O10. The number of likely N-dealkylation sites (tertiary alicyclic amines) is 1. The predicted octanol–water partition coefficient (Wildman–Crippen LogP) is -1.18. The summed E-state index contributed by atoms with van der Waals surface area (Å²) >= 11 is 0. The first-order valence-electron chi connectivity index (χ1n) is 25.5. The van der Waals surface area contributed by atoms with Gasteiger partial charge in [0.1, 0.15) is 48.0 Å². The first-order valence-corrected chi connectivity index (χ1v) is 25.5. The van der Waals surface area contributed by atoms with Gasteiger partial charge in [0.05, 0.1) is 20.0 Å². The highest BCUT2D eigenvalue weighted by atomic mass is 16.5. The number of aliphatic imine (C=N–C) groups is 1. The SMILES string of the molecule is COc1ccc(C[C@@H](NC(=O)Cc2ccccc2)C(=O)N[C@@H](Cc2ccccc2)C(=O)N[C@H](C(=O)N[C@@H](CC(N)=O)C(=O)N[C@@H](CCCCN)C(=O)N2CCC[C@@H]2C(=O)N[C@@H](CCCN=C(N)N)C(N)=O)C(C)C)cc1. The van der Waals surface area contributed by atoms with Crippen LogP contribution < -0.4 is 65.3 Å². The Balaban J connectivity index is 1.55. The fourth-order valence-corrected chi connectivity index (χ4v) is 8.61. The van der Waals surface area contributed by atoms with E-state index in [1.165, 1.54) is 12.0 Å². The molecule has 0 aromatic heterocycles. The topological polar surface area (TPSA) is 381 Å². The zero-order chi connectivity index (χ0) is 55.7. The molecular weight excluding hydrogens is 979 g/mol. The molecule has 0 radical (unpaired) electrons. The summed E-state index contributed by atoms with van der Waals surface area (Å²) in [6.07, 6.45) is 1.31. The van der Waals surface area contributed by atoms with Crippen molar-refractivity contribution in [2.75, 3.05) is 26.7 Å². The minimum Gasteiger partial charge on any atom is -0.497 e. The number of benzene rings is 3. The van der Waals surface area contributed by atoms with Crippen molar-refractivity contribution >= 4 is 59.1 Å². The second-order valence-corrected chi connectivity index (χ2v) is 19.0. The second-order valence-electron chi connectivity index (χ2n) is 19.0. The molecule has 23 nitrogen and oxygen atoms in total. The zero-order valence-corrected chi connectivity index (χ0v) is 43.5. The molecule has 23 heteroatoms. The molecule has 1 aliphatic rings. The fraction of sp³-hybridized carbons (Fsp3) is 0.472. The highest BCUT2D eigenvalue weighted by Gasteiger charge is 2.40. The number of nitrogens with zero attached hydrogens (tertiary/aromatic N) is 2. The normalized spacial score (nSPS) is 15.3. The number of nitrogens with one attached hydrogen (secondary N) is 6. The van der Waals surface area contributed by atoms with Gasteiger partial charge in [0.15, 0.2) is 5.96 Å². The molecule has 76 heavy (non-hydrogen) atoms. The summed E-state index contributed by atoms with van der Waals surface area (Å²) in [5.41, 5.74) is 29.8. The van der Waals surface area contributed by atoms with Crippen LogP contribution in [0.2, 0.25) is 0 Å². The molecule has 0 bridgehead atoms. The molecule has 3 aromatic rings. The first-order chi connectivity index (χ1) is 36.3. The average molecular weight is 1050 g/mol. The number of amides is 9. The molecule has 1 aliphatic heterocycles. The van der Waals surface area contributed by atoms with Crippen LogP contribution in [0.1, 0.15) is 81.9 Å². The minimum atomic E-state index is -1.64. The van der Waals surface area contributed by atoms with Gasteiger partial charge in [-0.25, -0.2) is 0 Å². The van der Waals surface area contributed by atoms with Gasteiger partial charge in [-0.2, -0.15) is 0 Å². The van der Waals surface area contributed by atoms with Gasteiger partial charge in [0.25, 0.3) is 0 Å². The third-order valence-electron chi connectivity index (χ3n) is 12.7. The van der Waals surface area contributed by atoms with E-state index in [4.69, 9.17) is 33.4 Å². The highest BCUT2D eigenvalue weighted by molar-refractivity contribution is 5.99. The number of unbranched alkanes of at least 4 members (excludes halogenated alkanes) is 1. The van der Waals surface area contributed by atoms with Gasteiger partial charge in [-0.05, 0) is 86.2 Å². The first kappa shape index (κ1) is 60.5. The van der Waals surface area contributed by atoms with Crippen LogP contribution in [0, 0.1) is 5.92 Å². The van der Waals surface area contributed by atoms with Crippen LogP contribution in [0.5, 0.6) is 5.75 Å². The molecule has 1 fully saturated rings. The Morgan fingerprint density at radius 2 is 1.18 bits per heavy atom. The van der Waals surface area contributed by atoms with Crippen LogP contribution in [-0.2, 0) is 62.4 Å². The maximum absolute atomic E-state index is 14.5. The largest absolute Gasteiger partial charge is 0.497 e. The smallest absolute Gasteiger partial charge is 0.245 e.